The standard InChI is InChI=1S/C23H27N3O6S/c1-16(27)32-21-5-3-4-19(14-21)22(28)24-15-17-10-12-26(13-11-17)23(29)18-6-8-20(9-7-18)25-33(2,30)31/h3-9,14,17,25H,10-13,15H2,1-2H3,(H,24,28). The largest absolute Gasteiger partial charge is 0.427 e. The van der Waals surface area contributed by atoms with Crippen LogP contribution in [-0.2, 0) is 14.8 Å². The Balaban J connectivity index is 1.47. The number of hydrogen-bond donors (Lipinski definition) is 2. The molecule has 2 aromatic carbocycles. The van der Waals surface area contributed by atoms with E-state index >= 15 is 0 Å². The maximum atomic E-state index is 12.7. The van der Waals surface area contributed by atoms with Crippen molar-refractivity contribution in [2.75, 3.05) is 30.6 Å². The molecule has 0 saturated carbocycles. The lowest BCUT2D eigenvalue weighted by molar-refractivity contribution is -0.131. The van der Waals surface area contributed by atoms with Gasteiger partial charge in [-0.05, 0) is 61.2 Å². The van der Waals surface area contributed by atoms with E-state index in [2.05, 4.69) is 10.0 Å². The number of carbonyl (C=O) groups is 3. The van der Waals surface area contributed by atoms with Crippen LogP contribution in [0.1, 0.15) is 40.5 Å². The van der Waals surface area contributed by atoms with Gasteiger partial charge in [0, 0.05) is 43.4 Å². The molecule has 2 aromatic rings. The Hall–Kier alpha value is -3.40. The van der Waals surface area contributed by atoms with Crippen LogP contribution in [0, 0.1) is 5.92 Å². The van der Waals surface area contributed by atoms with Crippen LogP contribution in [0.15, 0.2) is 48.5 Å². The van der Waals surface area contributed by atoms with E-state index in [0.717, 1.165) is 19.1 Å². The molecule has 176 valence electrons. The average molecular weight is 474 g/mol. The molecule has 1 heterocycles. The summed E-state index contributed by atoms with van der Waals surface area (Å²) >= 11 is 0. The Labute approximate surface area is 193 Å². The minimum atomic E-state index is -3.37. The Morgan fingerprint density at radius 3 is 2.30 bits per heavy atom. The summed E-state index contributed by atoms with van der Waals surface area (Å²) in [4.78, 5) is 38.0. The Kier molecular flexibility index (Phi) is 7.70. The summed E-state index contributed by atoms with van der Waals surface area (Å²) in [6.45, 7) is 2.94. The first-order valence-corrected chi connectivity index (χ1v) is 12.4. The average Bonchev–Trinajstić information content (AvgIpc) is 2.76. The van der Waals surface area contributed by atoms with Crippen molar-refractivity contribution in [3.63, 3.8) is 0 Å². The number of likely N-dealkylation sites (tertiary alicyclic amines) is 1. The van der Waals surface area contributed by atoms with Crippen LogP contribution in [0.4, 0.5) is 5.69 Å². The molecular weight excluding hydrogens is 446 g/mol. The SMILES string of the molecule is CC(=O)Oc1cccc(C(=O)NCC2CCN(C(=O)c3ccc(NS(C)(=O)=O)cc3)CC2)c1. The highest BCUT2D eigenvalue weighted by Crippen LogP contribution is 2.20. The molecule has 10 heteroatoms. The molecule has 3 rings (SSSR count). The third kappa shape index (κ3) is 7.31. The van der Waals surface area contributed by atoms with E-state index in [0.29, 0.717) is 42.2 Å². The van der Waals surface area contributed by atoms with Crippen LogP contribution >= 0.6 is 0 Å². The number of benzene rings is 2. The van der Waals surface area contributed by atoms with Gasteiger partial charge in [-0.1, -0.05) is 6.07 Å². The second-order valence-electron chi connectivity index (χ2n) is 8.02. The van der Waals surface area contributed by atoms with Crippen molar-refractivity contribution in [2.24, 2.45) is 5.92 Å². The van der Waals surface area contributed by atoms with E-state index in [1.807, 2.05) is 0 Å². The van der Waals surface area contributed by atoms with Gasteiger partial charge in [0.15, 0.2) is 0 Å². The zero-order valence-corrected chi connectivity index (χ0v) is 19.4. The van der Waals surface area contributed by atoms with Gasteiger partial charge in [-0.2, -0.15) is 0 Å². The molecule has 9 nitrogen and oxygen atoms in total. The lowest BCUT2D eigenvalue weighted by atomic mass is 9.96. The Morgan fingerprint density at radius 1 is 1.03 bits per heavy atom. The predicted octanol–water partition coefficient (Wildman–Crippen LogP) is 2.27. The van der Waals surface area contributed by atoms with Gasteiger partial charge in [-0.3, -0.25) is 19.1 Å². The van der Waals surface area contributed by atoms with Crippen LogP contribution < -0.4 is 14.8 Å². The van der Waals surface area contributed by atoms with Gasteiger partial charge in [0.1, 0.15) is 5.75 Å². The van der Waals surface area contributed by atoms with Crippen molar-refractivity contribution in [1.82, 2.24) is 10.2 Å². The van der Waals surface area contributed by atoms with Gasteiger partial charge >= 0.3 is 5.97 Å². The van der Waals surface area contributed by atoms with Crippen molar-refractivity contribution in [2.45, 2.75) is 19.8 Å². The Bertz CT molecular complexity index is 1120. The first-order chi connectivity index (χ1) is 15.6. The number of hydrogen-bond acceptors (Lipinski definition) is 6. The summed E-state index contributed by atoms with van der Waals surface area (Å²) in [7, 11) is -3.37. The highest BCUT2D eigenvalue weighted by atomic mass is 32.2. The third-order valence-electron chi connectivity index (χ3n) is 5.25. The fraction of sp³-hybridized carbons (Fsp3) is 0.348. The monoisotopic (exact) mass is 473 g/mol. The molecule has 2 amide bonds. The van der Waals surface area contributed by atoms with E-state index in [4.69, 9.17) is 4.74 Å². The number of carbonyl (C=O) groups excluding carboxylic acids is 3. The number of esters is 1. The quantitative estimate of drug-likeness (QED) is 0.470. The topological polar surface area (TPSA) is 122 Å². The van der Waals surface area contributed by atoms with Gasteiger partial charge in [0.25, 0.3) is 11.8 Å². The molecule has 0 aliphatic carbocycles. The van der Waals surface area contributed by atoms with E-state index in [9.17, 15) is 22.8 Å². The highest BCUT2D eigenvalue weighted by molar-refractivity contribution is 7.92. The zero-order valence-electron chi connectivity index (χ0n) is 18.5. The number of amides is 2. The summed E-state index contributed by atoms with van der Waals surface area (Å²) < 4.78 is 30.0. The minimum Gasteiger partial charge on any atom is -0.427 e. The molecule has 0 atom stereocenters. The maximum absolute atomic E-state index is 12.7. The summed E-state index contributed by atoms with van der Waals surface area (Å²) in [5, 5.41) is 2.91. The number of rotatable bonds is 7. The van der Waals surface area contributed by atoms with Crippen molar-refractivity contribution < 1.29 is 27.5 Å². The molecule has 0 bridgehead atoms. The lowest BCUT2D eigenvalue weighted by Crippen LogP contribution is -2.41. The second kappa shape index (κ2) is 10.5. The minimum absolute atomic E-state index is 0.106. The van der Waals surface area contributed by atoms with Crippen molar-refractivity contribution >= 4 is 33.5 Å². The number of nitrogens with one attached hydrogen (secondary N) is 2. The molecule has 33 heavy (non-hydrogen) atoms. The maximum Gasteiger partial charge on any atom is 0.308 e. The van der Waals surface area contributed by atoms with Crippen molar-refractivity contribution in [1.29, 1.82) is 0 Å². The third-order valence-corrected chi connectivity index (χ3v) is 5.85. The van der Waals surface area contributed by atoms with Crippen LogP contribution in [-0.4, -0.2) is 57.0 Å². The molecule has 0 aromatic heterocycles. The Morgan fingerprint density at radius 2 is 1.70 bits per heavy atom. The molecule has 1 saturated heterocycles. The number of nitrogens with zero attached hydrogens (tertiary/aromatic N) is 1. The van der Waals surface area contributed by atoms with Crippen LogP contribution in [0.25, 0.3) is 0 Å². The van der Waals surface area contributed by atoms with Gasteiger partial charge in [-0.25, -0.2) is 8.42 Å². The summed E-state index contributed by atoms with van der Waals surface area (Å²) in [5.41, 5.74) is 1.31. The lowest BCUT2D eigenvalue weighted by Gasteiger charge is -2.32. The number of anilines is 1. The normalized spacial score (nSPS) is 14.4. The molecule has 2 N–H and O–H groups in total. The summed E-state index contributed by atoms with van der Waals surface area (Å²) in [5.74, 6) is -0.232. The molecular formula is C23H27N3O6S. The number of ether oxygens (including phenoxy) is 1. The van der Waals surface area contributed by atoms with Gasteiger partial charge in [0.2, 0.25) is 10.0 Å². The molecule has 1 fully saturated rings. The smallest absolute Gasteiger partial charge is 0.308 e. The zero-order chi connectivity index (χ0) is 24.0. The second-order valence-corrected chi connectivity index (χ2v) is 9.77. The van der Waals surface area contributed by atoms with Crippen LogP contribution in [0.2, 0.25) is 0 Å². The van der Waals surface area contributed by atoms with E-state index in [1.165, 1.54) is 13.0 Å². The predicted molar refractivity (Wildman–Crippen MR) is 124 cm³/mol. The fourth-order valence-corrected chi connectivity index (χ4v) is 4.19. The van der Waals surface area contributed by atoms with Crippen molar-refractivity contribution in [3.05, 3.63) is 59.7 Å². The van der Waals surface area contributed by atoms with Crippen LogP contribution in [0.5, 0.6) is 5.75 Å². The van der Waals surface area contributed by atoms with Crippen LogP contribution in [0.3, 0.4) is 0 Å². The summed E-state index contributed by atoms with van der Waals surface area (Å²) in [6, 6.07) is 12.8. The molecule has 0 radical (unpaired) electrons. The molecule has 0 spiro atoms. The van der Waals surface area contributed by atoms with E-state index in [-0.39, 0.29) is 17.7 Å². The number of sulfonamides is 1. The van der Waals surface area contributed by atoms with Gasteiger partial charge < -0.3 is 15.0 Å². The number of piperidine rings is 1. The molecule has 0 unspecified atom stereocenters. The first-order valence-electron chi connectivity index (χ1n) is 10.5. The molecule has 1 aliphatic heterocycles. The fourth-order valence-electron chi connectivity index (χ4n) is 3.62. The highest BCUT2D eigenvalue weighted by Gasteiger charge is 2.24. The van der Waals surface area contributed by atoms with E-state index in [1.54, 1.807) is 47.4 Å². The van der Waals surface area contributed by atoms with Gasteiger partial charge in [-0.15, -0.1) is 0 Å². The summed E-state index contributed by atoms with van der Waals surface area (Å²) in [6.07, 6.45) is 2.58. The molecule has 1 aliphatic rings. The van der Waals surface area contributed by atoms with Crippen molar-refractivity contribution in [3.8, 4) is 5.75 Å². The van der Waals surface area contributed by atoms with E-state index < -0.39 is 16.0 Å². The van der Waals surface area contributed by atoms with Gasteiger partial charge in [0.05, 0.1) is 6.26 Å². The first kappa shape index (κ1) is 24.2.